The molecule has 0 radical (unpaired) electrons. The summed E-state index contributed by atoms with van der Waals surface area (Å²) in [5.74, 6) is -0.568. The third-order valence-corrected chi connectivity index (χ3v) is 4.24. The summed E-state index contributed by atoms with van der Waals surface area (Å²) in [6.07, 6.45) is -2.68. The molecule has 0 heterocycles. The maximum atomic E-state index is 12.1. The Bertz CT molecular complexity index is 586. The Labute approximate surface area is 120 Å². The van der Waals surface area contributed by atoms with Gasteiger partial charge in [-0.3, -0.25) is 0 Å². The summed E-state index contributed by atoms with van der Waals surface area (Å²) in [6, 6.07) is 4.74. The number of halogens is 3. The van der Waals surface area contributed by atoms with Crippen LogP contribution in [0.1, 0.15) is 12.8 Å². The van der Waals surface area contributed by atoms with Gasteiger partial charge in [0, 0.05) is 25.2 Å². The van der Waals surface area contributed by atoms with Crippen LogP contribution in [0.5, 0.6) is 5.75 Å². The molecule has 0 aliphatic heterocycles. The molecule has 1 aromatic rings. The van der Waals surface area contributed by atoms with Gasteiger partial charge < -0.3 is 10.1 Å². The molecule has 1 aliphatic carbocycles. The average molecular weight is 324 g/mol. The summed E-state index contributed by atoms with van der Waals surface area (Å²) in [5.41, 5.74) is 0. The van der Waals surface area contributed by atoms with E-state index in [0.717, 1.165) is 25.0 Å². The third-order valence-electron chi connectivity index (χ3n) is 2.78. The van der Waals surface area contributed by atoms with Crippen LogP contribution in [0.2, 0.25) is 0 Å². The summed E-state index contributed by atoms with van der Waals surface area (Å²) in [5, 5.41) is 3.12. The van der Waals surface area contributed by atoms with Crippen molar-refractivity contribution in [3.05, 3.63) is 24.3 Å². The number of ether oxygens (including phenoxy) is 1. The van der Waals surface area contributed by atoms with E-state index in [2.05, 4.69) is 14.8 Å². The van der Waals surface area contributed by atoms with Gasteiger partial charge in [-0.15, -0.1) is 13.2 Å². The van der Waals surface area contributed by atoms with Gasteiger partial charge in [0.15, 0.2) is 0 Å². The quantitative estimate of drug-likeness (QED) is 0.748. The van der Waals surface area contributed by atoms with Crippen LogP contribution in [-0.4, -0.2) is 33.9 Å². The van der Waals surface area contributed by atoms with Crippen LogP contribution in [-0.2, 0) is 10.0 Å². The highest BCUT2D eigenvalue weighted by Gasteiger charge is 2.31. The lowest BCUT2D eigenvalue weighted by Gasteiger charge is -2.11. The summed E-state index contributed by atoms with van der Waals surface area (Å²) in [7, 11) is -3.85. The molecular formula is C12H15F3N2O3S. The Morgan fingerprint density at radius 3 is 2.57 bits per heavy atom. The van der Waals surface area contributed by atoms with Crippen LogP contribution in [0.15, 0.2) is 29.2 Å². The molecule has 2 rings (SSSR count). The van der Waals surface area contributed by atoms with Crippen molar-refractivity contribution in [2.75, 3.05) is 13.1 Å². The van der Waals surface area contributed by atoms with E-state index in [1.165, 1.54) is 12.1 Å². The normalized spacial score (nSPS) is 16.0. The first-order valence-electron chi connectivity index (χ1n) is 6.35. The molecule has 9 heteroatoms. The van der Waals surface area contributed by atoms with Gasteiger partial charge in [-0.1, -0.05) is 6.07 Å². The van der Waals surface area contributed by atoms with Crippen LogP contribution in [0.4, 0.5) is 13.2 Å². The van der Waals surface area contributed by atoms with Crippen molar-refractivity contribution in [3.8, 4) is 5.75 Å². The predicted octanol–water partition coefficient (Wildman–Crippen LogP) is 1.62. The van der Waals surface area contributed by atoms with Crippen molar-refractivity contribution in [1.29, 1.82) is 0 Å². The molecular weight excluding hydrogens is 309 g/mol. The highest BCUT2D eigenvalue weighted by Crippen LogP contribution is 2.24. The molecule has 118 valence electrons. The molecule has 0 bridgehead atoms. The van der Waals surface area contributed by atoms with Gasteiger partial charge in [0.25, 0.3) is 0 Å². The second kappa shape index (κ2) is 6.20. The highest BCUT2D eigenvalue weighted by molar-refractivity contribution is 7.89. The monoisotopic (exact) mass is 324 g/mol. The fourth-order valence-corrected chi connectivity index (χ4v) is 2.74. The minimum atomic E-state index is -4.86. The average Bonchev–Trinajstić information content (AvgIpc) is 3.17. The van der Waals surface area contributed by atoms with Gasteiger partial charge in [0.1, 0.15) is 5.75 Å². The lowest BCUT2D eigenvalue weighted by molar-refractivity contribution is -0.274. The van der Waals surface area contributed by atoms with Crippen molar-refractivity contribution in [2.24, 2.45) is 0 Å². The van der Waals surface area contributed by atoms with Crippen LogP contribution in [0.25, 0.3) is 0 Å². The first-order valence-corrected chi connectivity index (χ1v) is 7.83. The zero-order chi connectivity index (χ0) is 15.5. The minimum Gasteiger partial charge on any atom is -0.406 e. The molecule has 0 aromatic heterocycles. The van der Waals surface area contributed by atoms with E-state index >= 15 is 0 Å². The number of hydrogen-bond acceptors (Lipinski definition) is 4. The van der Waals surface area contributed by atoms with Crippen LogP contribution in [0, 0.1) is 0 Å². The first kappa shape index (κ1) is 16.1. The molecule has 0 saturated heterocycles. The predicted molar refractivity (Wildman–Crippen MR) is 69.3 cm³/mol. The van der Waals surface area contributed by atoms with Gasteiger partial charge in [-0.2, -0.15) is 0 Å². The largest absolute Gasteiger partial charge is 0.573 e. The van der Waals surface area contributed by atoms with E-state index in [-0.39, 0.29) is 11.4 Å². The number of sulfonamides is 1. The highest BCUT2D eigenvalue weighted by atomic mass is 32.2. The second-order valence-electron chi connectivity index (χ2n) is 4.65. The molecule has 1 fully saturated rings. The lowest BCUT2D eigenvalue weighted by Crippen LogP contribution is -2.32. The summed E-state index contributed by atoms with van der Waals surface area (Å²) in [6.45, 7) is 0.645. The molecule has 1 aromatic carbocycles. The number of nitrogens with one attached hydrogen (secondary N) is 2. The van der Waals surface area contributed by atoms with E-state index in [4.69, 9.17) is 0 Å². The van der Waals surface area contributed by atoms with Crippen molar-refractivity contribution in [3.63, 3.8) is 0 Å². The fourth-order valence-electron chi connectivity index (χ4n) is 1.67. The Balaban J connectivity index is 1.96. The maximum absolute atomic E-state index is 12.1. The molecule has 21 heavy (non-hydrogen) atoms. The lowest BCUT2D eigenvalue weighted by atomic mass is 10.3. The smallest absolute Gasteiger partial charge is 0.406 e. The number of rotatable bonds is 7. The first-order chi connectivity index (χ1) is 9.76. The fraction of sp³-hybridized carbons (Fsp3) is 0.500. The summed E-state index contributed by atoms with van der Waals surface area (Å²) < 4.78 is 66.2. The van der Waals surface area contributed by atoms with Gasteiger partial charge in [0.05, 0.1) is 4.90 Å². The van der Waals surface area contributed by atoms with E-state index in [9.17, 15) is 21.6 Å². The van der Waals surface area contributed by atoms with Crippen molar-refractivity contribution in [2.45, 2.75) is 30.1 Å². The van der Waals surface area contributed by atoms with Gasteiger partial charge in [-0.25, -0.2) is 13.1 Å². The van der Waals surface area contributed by atoms with Gasteiger partial charge >= 0.3 is 6.36 Å². The molecule has 5 nitrogen and oxygen atoms in total. The number of hydrogen-bond donors (Lipinski definition) is 2. The topological polar surface area (TPSA) is 67.4 Å². The summed E-state index contributed by atoms with van der Waals surface area (Å²) >= 11 is 0. The Morgan fingerprint density at radius 1 is 1.24 bits per heavy atom. The van der Waals surface area contributed by atoms with Gasteiger partial charge in [-0.05, 0) is 25.0 Å². The molecule has 0 atom stereocenters. The second-order valence-corrected chi connectivity index (χ2v) is 6.42. The molecule has 0 unspecified atom stereocenters. The third kappa shape index (κ3) is 5.52. The van der Waals surface area contributed by atoms with E-state index in [1.807, 2.05) is 0 Å². The minimum absolute atomic E-state index is 0.170. The summed E-state index contributed by atoms with van der Waals surface area (Å²) in [4.78, 5) is -0.268. The van der Waals surface area contributed by atoms with Crippen molar-refractivity contribution >= 4 is 10.0 Å². The zero-order valence-corrected chi connectivity index (χ0v) is 11.8. The standard InChI is InChI=1S/C12H15F3N2O3S/c13-12(14,15)20-10-2-1-3-11(8-10)21(18,19)17-7-6-16-9-4-5-9/h1-3,8-9,16-17H,4-7H2. The molecule has 0 spiro atoms. The Hall–Kier alpha value is -1.32. The van der Waals surface area contributed by atoms with E-state index < -0.39 is 22.1 Å². The molecule has 1 aliphatic rings. The number of alkyl halides is 3. The van der Waals surface area contributed by atoms with Crippen molar-refractivity contribution < 1.29 is 26.3 Å². The van der Waals surface area contributed by atoms with Crippen LogP contribution < -0.4 is 14.8 Å². The maximum Gasteiger partial charge on any atom is 0.573 e. The number of benzene rings is 1. The van der Waals surface area contributed by atoms with Crippen molar-refractivity contribution in [1.82, 2.24) is 10.0 Å². The molecule has 0 amide bonds. The zero-order valence-electron chi connectivity index (χ0n) is 11.0. The van der Waals surface area contributed by atoms with Gasteiger partial charge in [0.2, 0.25) is 10.0 Å². The SMILES string of the molecule is O=S(=O)(NCCNC1CC1)c1cccc(OC(F)(F)F)c1. The van der Waals surface area contributed by atoms with Crippen LogP contribution in [0.3, 0.4) is 0 Å². The molecule has 2 N–H and O–H groups in total. The van der Waals surface area contributed by atoms with E-state index in [1.54, 1.807) is 0 Å². The van der Waals surface area contributed by atoms with Crippen LogP contribution >= 0.6 is 0 Å². The Kier molecular flexibility index (Phi) is 4.74. The van der Waals surface area contributed by atoms with E-state index in [0.29, 0.717) is 12.6 Å². The Morgan fingerprint density at radius 2 is 1.95 bits per heavy atom. The molecule has 1 saturated carbocycles.